The first-order valence-corrected chi connectivity index (χ1v) is 10.1. The molecule has 130 valence electrons. The molecule has 0 spiro atoms. The van der Waals surface area contributed by atoms with Gasteiger partial charge in [0.1, 0.15) is 5.82 Å². The Morgan fingerprint density at radius 2 is 2.00 bits per heavy atom. The minimum Gasteiger partial charge on any atom is -0.380 e. The highest BCUT2D eigenvalue weighted by molar-refractivity contribution is 7.91. The number of rotatable bonds is 5. The Balaban J connectivity index is 1.69. The summed E-state index contributed by atoms with van der Waals surface area (Å²) in [7, 11) is -3.14. The largest absolute Gasteiger partial charge is 0.380 e. The maximum Gasteiger partial charge on any atom is 0.178 e. The normalized spacial score (nSPS) is 17.8. The molecular weight excluding hydrogens is 324 g/mol. The number of anilines is 1. The van der Waals surface area contributed by atoms with E-state index in [9.17, 15) is 8.42 Å². The molecule has 2 aromatic rings. The number of nitrogens with one attached hydrogen (secondary N) is 1. The zero-order valence-corrected chi connectivity index (χ0v) is 15.2. The van der Waals surface area contributed by atoms with Crippen LogP contribution in [0.3, 0.4) is 0 Å². The molecule has 1 aromatic carbocycles. The van der Waals surface area contributed by atoms with Gasteiger partial charge in [-0.1, -0.05) is 20.8 Å². The first-order chi connectivity index (χ1) is 11.4. The zero-order valence-electron chi connectivity index (χ0n) is 14.4. The van der Waals surface area contributed by atoms with Crippen LogP contribution in [0.2, 0.25) is 0 Å². The summed E-state index contributed by atoms with van der Waals surface area (Å²) >= 11 is 0. The van der Waals surface area contributed by atoms with Crippen molar-refractivity contribution in [1.29, 1.82) is 0 Å². The van der Waals surface area contributed by atoms with Crippen LogP contribution in [-0.4, -0.2) is 35.0 Å². The summed E-state index contributed by atoms with van der Waals surface area (Å²) in [6.45, 7) is 6.64. The summed E-state index contributed by atoms with van der Waals surface area (Å²) in [4.78, 5) is 4.97. The van der Waals surface area contributed by atoms with Crippen molar-refractivity contribution < 1.29 is 8.42 Å². The van der Waals surface area contributed by atoms with Crippen LogP contribution in [0.1, 0.15) is 44.8 Å². The molecule has 1 N–H and O–H groups in total. The number of aryl methyl sites for hydroxylation is 1. The Morgan fingerprint density at radius 3 is 2.62 bits per heavy atom. The van der Waals surface area contributed by atoms with Gasteiger partial charge < -0.3 is 5.32 Å². The molecule has 0 radical (unpaired) electrons. The number of aromatic nitrogens is 3. The van der Waals surface area contributed by atoms with Gasteiger partial charge in [-0.2, -0.15) is 5.10 Å². The van der Waals surface area contributed by atoms with Crippen LogP contribution in [0, 0.1) is 0 Å². The molecule has 0 bridgehead atoms. The molecule has 1 atom stereocenters. The molecule has 3 rings (SSSR count). The van der Waals surface area contributed by atoms with Crippen LogP contribution in [-0.2, 0) is 22.8 Å². The Kier molecular flexibility index (Phi) is 4.62. The summed E-state index contributed by atoms with van der Waals surface area (Å²) in [5, 5.41) is 8.06. The Morgan fingerprint density at radius 1 is 1.29 bits per heavy atom. The van der Waals surface area contributed by atoms with E-state index in [-0.39, 0.29) is 11.8 Å². The Bertz CT molecular complexity index is 810. The van der Waals surface area contributed by atoms with E-state index in [0.717, 1.165) is 36.7 Å². The number of hydrogen-bond donors (Lipinski definition) is 1. The second-order valence-electron chi connectivity index (χ2n) is 6.53. The monoisotopic (exact) mass is 348 g/mol. The van der Waals surface area contributed by atoms with Crippen LogP contribution in [0.15, 0.2) is 29.2 Å². The van der Waals surface area contributed by atoms with Crippen molar-refractivity contribution in [2.24, 2.45) is 0 Å². The second kappa shape index (κ2) is 6.55. The lowest BCUT2D eigenvalue weighted by Crippen LogP contribution is -2.31. The fourth-order valence-corrected chi connectivity index (χ4v) is 3.74. The predicted molar refractivity (Wildman–Crippen MR) is 94.0 cm³/mol. The molecule has 7 heteroatoms. The fourth-order valence-electron chi connectivity index (χ4n) is 2.85. The highest BCUT2D eigenvalue weighted by Crippen LogP contribution is 2.21. The molecule has 0 amide bonds. The molecule has 0 unspecified atom stereocenters. The van der Waals surface area contributed by atoms with E-state index in [2.05, 4.69) is 29.2 Å². The van der Waals surface area contributed by atoms with Crippen LogP contribution >= 0.6 is 0 Å². The number of benzene rings is 1. The first kappa shape index (κ1) is 17.0. The first-order valence-electron chi connectivity index (χ1n) is 8.42. The van der Waals surface area contributed by atoms with Gasteiger partial charge in [0, 0.05) is 24.1 Å². The van der Waals surface area contributed by atoms with Crippen molar-refractivity contribution in [3.05, 3.63) is 35.9 Å². The van der Waals surface area contributed by atoms with Gasteiger partial charge in [-0.05, 0) is 30.7 Å². The molecule has 0 fully saturated rings. The van der Waals surface area contributed by atoms with Gasteiger partial charge in [0.25, 0.3) is 0 Å². The molecule has 2 heterocycles. The number of hydrogen-bond acceptors (Lipinski definition) is 5. The van der Waals surface area contributed by atoms with Crippen molar-refractivity contribution >= 4 is 15.5 Å². The maximum absolute atomic E-state index is 11.9. The van der Waals surface area contributed by atoms with Gasteiger partial charge in [0.05, 0.1) is 17.2 Å². The van der Waals surface area contributed by atoms with E-state index in [0.29, 0.717) is 10.8 Å². The van der Waals surface area contributed by atoms with E-state index >= 15 is 0 Å². The Labute approximate surface area is 143 Å². The van der Waals surface area contributed by atoms with Gasteiger partial charge in [-0.15, -0.1) is 0 Å². The zero-order chi connectivity index (χ0) is 17.3. The summed E-state index contributed by atoms with van der Waals surface area (Å²) in [5.41, 5.74) is 0.933. The molecule has 1 aliphatic rings. The van der Waals surface area contributed by atoms with E-state index < -0.39 is 9.84 Å². The highest BCUT2D eigenvalue weighted by atomic mass is 32.2. The lowest BCUT2D eigenvalue weighted by molar-refractivity contribution is 0.440. The lowest BCUT2D eigenvalue weighted by Gasteiger charge is -2.24. The fraction of sp³-hybridized carbons (Fsp3) is 0.529. The third-order valence-corrected chi connectivity index (χ3v) is 6.11. The standard InChI is InChI=1S/C17H24N4O2S/c1-4-24(22,23)15-8-5-13(6-9-15)18-14-7-10-16-19-17(12(2)3)20-21(16)11-14/h5-6,8-9,12,14,18H,4,7,10-11H2,1-3H3/t14-/m1/s1. The summed E-state index contributed by atoms with van der Waals surface area (Å²) in [6, 6.07) is 7.27. The molecular formula is C17H24N4O2S. The van der Waals surface area contributed by atoms with Crippen molar-refractivity contribution in [3.63, 3.8) is 0 Å². The average molecular weight is 348 g/mol. The van der Waals surface area contributed by atoms with Gasteiger partial charge >= 0.3 is 0 Å². The highest BCUT2D eigenvalue weighted by Gasteiger charge is 2.22. The molecule has 1 aromatic heterocycles. The van der Waals surface area contributed by atoms with Gasteiger partial charge in [0.2, 0.25) is 0 Å². The molecule has 0 saturated carbocycles. The molecule has 0 saturated heterocycles. The third kappa shape index (κ3) is 3.45. The topological polar surface area (TPSA) is 76.9 Å². The lowest BCUT2D eigenvalue weighted by atomic mass is 10.1. The van der Waals surface area contributed by atoms with Crippen LogP contribution in [0.25, 0.3) is 0 Å². The molecule has 24 heavy (non-hydrogen) atoms. The number of fused-ring (bicyclic) bond motifs is 1. The molecule has 6 nitrogen and oxygen atoms in total. The van der Waals surface area contributed by atoms with E-state index in [4.69, 9.17) is 0 Å². The quantitative estimate of drug-likeness (QED) is 0.899. The smallest absolute Gasteiger partial charge is 0.178 e. The number of nitrogens with zero attached hydrogens (tertiary/aromatic N) is 3. The predicted octanol–water partition coefficient (Wildman–Crippen LogP) is 2.62. The molecule has 1 aliphatic heterocycles. The van der Waals surface area contributed by atoms with E-state index in [1.54, 1.807) is 19.1 Å². The minimum atomic E-state index is -3.14. The third-order valence-electron chi connectivity index (χ3n) is 4.36. The SMILES string of the molecule is CCS(=O)(=O)c1ccc(N[C@@H]2CCc3nc(C(C)C)nn3C2)cc1. The van der Waals surface area contributed by atoms with Gasteiger partial charge in [-0.25, -0.2) is 18.1 Å². The van der Waals surface area contributed by atoms with Gasteiger partial charge in [0.15, 0.2) is 15.7 Å². The van der Waals surface area contributed by atoms with E-state index in [1.807, 2.05) is 16.8 Å². The van der Waals surface area contributed by atoms with Crippen LogP contribution in [0.5, 0.6) is 0 Å². The van der Waals surface area contributed by atoms with Crippen molar-refractivity contribution in [2.45, 2.75) is 57.0 Å². The van der Waals surface area contributed by atoms with Crippen LogP contribution in [0.4, 0.5) is 5.69 Å². The summed E-state index contributed by atoms with van der Waals surface area (Å²) in [5.74, 6) is 2.42. The summed E-state index contributed by atoms with van der Waals surface area (Å²) < 4.78 is 25.7. The summed E-state index contributed by atoms with van der Waals surface area (Å²) in [6.07, 6.45) is 1.89. The second-order valence-corrected chi connectivity index (χ2v) is 8.81. The van der Waals surface area contributed by atoms with Crippen molar-refractivity contribution in [1.82, 2.24) is 14.8 Å². The van der Waals surface area contributed by atoms with Gasteiger partial charge in [-0.3, -0.25) is 0 Å². The van der Waals surface area contributed by atoms with Crippen LogP contribution < -0.4 is 5.32 Å². The maximum atomic E-state index is 11.9. The Hall–Kier alpha value is -1.89. The van der Waals surface area contributed by atoms with Crippen molar-refractivity contribution in [3.8, 4) is 0 Å². The number of sulfone groups is 1. The average Bonchev–Trinajstić information content (AvgIpc) is 2.99. The van der Waals surface area contributed by atoms with E-state index in [1.165, 1.54) is 0 Å². The molecule has 0 aliphatic carbocycles. The van der Waals surface area contributed by atoms with Crippen molar-refractivity contribution in [2.75, 3.05) is 11.1 Å². The minimum absolute atomic E-state index is 0.121.